The SMILES string of the molecule is CCCNc1ccccc1S(=O)(=O)NCc1ccco1. The van der Waals surface area contributed by atoms with E-state index in [4.69, 9.17) is 4.42 Å². The van der Waals surface area contributed by atoms with E-state index >= 15 is 0 Å². The Morgan fingerprint density at radius 3 is 2.65 bits per heavy atom. The van der Waals surface area contributed by atoms with Gasteiger partial charge in [-0.25, -0.2) is 13.1 Å². The first-order valence-corrected chi connectivity index (χ1v) is 7.97. The average molecular weight is 294 g/mol. The van der Waals surface area contributed by atoms with E-state index in [1.54, 1.807) is 30.3 Å². The van der Waals surface area contributed by atoms with Crippen LogP contribution in [0, 0.1) is 0 Å². The van der Waals surface area contributed by atoms with Crippen LogP contribution in [0.1, 0.15) is 19.1 Å². The van der Waals surface area contributed by atoms with Gasteiger partial charge in [0.05, 0.1) is 18.5 Å². The van der Waals surface area contributed by atoms with Crippen LogP contribution in [0.25, 0.3) is 0 Å². The third kappa shape index (κ3) is 3.61. The highest BCUT2D eigenvalue weighted by Gasteiger charge is 2.18. The second-order valence-corrected chi connectivity index (χ2v) is 6.06. The number of sulfonamides is 1. The molecule has 0 aliphatic rings. The third-order valence-corrected chi connectivity index (χ3v) is 4.22. The zero-order valence-corrected chi connectivity index (χ0v) is 12.1. The summed E-state index contributed by atoms with van der Waals surface area (Å²) in [6.45, 7) is 2.89. The van der Waals surface area contributed by atoms with Crippen LogP contribution in [-0.4, -0.2) is 15.0 Å². The number of furan rings is 1. The highest BCUT2D eigenvalue weighted by molar-refractivity contribution is 7.89. The molecule has 0 saturated carbocycles. The molecule has 2 N–H and O–H groups in total. The van der Waals surface area contributed by atoms with Crippen molar-refractivity contribution in [1.82, 2.24) is 4.72 Å². The number of nitrogens with one attached hydrogen (secondary N) is 2. The number of para-hydroxylation sites is 1. The van der Waals surface area contributed by atoms with Crippen LogP contribution >= 0.6 is 0 Å². The number of rotatable bonds is 7. The minimum atomic E-state index is -3.57. The first kappa shape index (κ1) is 14.6. The average Bonchev–Trinajstić information content (AvgIpc) is 2.97. The van der Waals surface area contributed by atoms with E-state index in [0.717, 1.165) is 13.0 Å². The molecule has 20 heavy (non-hydrogen) atoms. The minimum Gasteiger partial charge on any atom is -0.468 e. The highest BCUT2D eigenvalue weighted by Crippen LogP contribution is 2.20. The normalized spacial score (nSPS) is 11.4. The molecule has 108 valence electrons. The van der Waals surface area contributed by atoms with Crippen LogP contribution < -0.4 is 10.0 Å². The van der Waals surface area contributed by atoms with Gasteiger partial charge >= 0.3 is 0 Å². The van der Waals surface area contributed by atoms with E-state index in [0.29, 0.717) is 11.4 Å². The topological polar surface area (TPSA) is 71.3 Å². The maximum Gasteiger partial charge on any atom is 0.243 e. The second kappa shape index (κ2) is 6.58. The first-order chi connectivity index (χ1) is 9.63. The lowest BCUT2D eigenvalue weighted by atomic mass is 10.3. The summed E-state index contributed by atoms with van der Waals surface area (Å²) in [6, 6.07) is 10.3. The predicted molar refractivity (Wildman–Crippen MR) is 78.0 cm³/mol. The molecule has 0 fully saturated rings. The monoisotopic (exact) mass is 294 g/mol. The summed E-state index contributed by atoms with van der Waals surface area (Å²) < 4.78 is 32.3. The minimum absolute atomic E-state index is 0.136. The number of hydrogen-bond donors (Lipinski definition) is 2. The molecule has 2 aromatic rings. The van der Waals surface area contributed by atoms with Crippen LogP contribution in [0.3, 0.4) is 0 Å². The number of anilines is 1. The maximum atomic E-state index is 12.3. The van der Waals surface area contributed by atoms with Crippen LogP contribution in [0.2, 0.25) is 0 Å². The molecule has 0 radical (unpaired) electrons. The van der Waals surface area contributed by atoms with Gasteiger partial charge in [0.25, 0.3) is 0 Å². The molecule has 2 rings (SSSR count). The molecule has 1 aromatic heterocycles. The van der Waals surface area contributed by atoms with Gasteiger partial charge < -0.3 is 9.73 Å². The quantitative estimate of drug-likeness (QED) is 0.823. The molecule has 1 aromatic carbocycles. The number of hydrogen-bond acceptors (Lipinski definition) is 4. The Bertz CT molecular complexity index is 636. The summed E-state index contributed by atoms with van der Waals surface area (Å²) in [4.78, 5) is 0.250. The molecular formula is C14H18N2O3S. The molecule has 0 aliphatic carbocycles. The molecule has 0 bridgehead atoms. The van der Waals surface area contributed by atoms with Crippen molar-refractivity contribution < 1.29 is 12.8 Å². The predicted octanol–water partition coefficient (Wildman–Crippen LogP) is 2.58. The van der Waals surface area contributed by atoms with Crippen LogP contribution in [0.5, 0.6) is 0 Å². The van der Waals surface area contributed by atoms with E-state index in [1.165, 1.54) is 6.26 Å². The lowest BCUT2D eigenvalue weighted by molar-refractivity contribution is 0.498. The van der Waals surface area contributed by atoms with Gasteiger partial charge in [-0.1, -0.05) is 19.1 Å². The van der Waals surface area contributed by atoms with Crippen molar-refractivity contribution in [3.63, 3.8) is 0 Å². The molecule has 6 heteroatoms. The zero-order chi connectivity index (χ0) is 14.4. The van der Waals surface area contributed by atoms with Gasteiger partial charge in [-0.05, 0) is 30.7 Å². The Morgan fingerprint density at radius 1 is 1.15 bits per heavy atom. The molecular weight excluding hydrogens is 276 g/mol. The Labute approximate surface area is 119 Å². The summed E-state index contributed by atoms with van der Waals surface area (Å²) in [5, 5.41) is 3.12. The molecule has 0 atom stereocenters. The summed E-state index contributed by atoms with van der Waals surface area (Å²) in [7, 11) is -3.57. The fraction of sp³-hybridized carbons (Fsp3) is 0.286. The van der Waals surface area contributed by atoms with Gasteiger partial charge in [0, 0.05) is 6.54 Å². The van der Waals surface area contributed by atoms with Crippen LogP contribution in [0.15, 0.2) is 52.0 Å². The summed E-state index contributed by atoms with van der Waals surface area (Å²) in [5.41, 5.74) is 0.612. The maximum absolute atomic E-state index is 12.3. The molecule has 5 nitrogen and oxygen atoms in total. The van der Waals surface area contributed by atoms with Gasteiger partial charge in [-0.3, -0.25) is 0 Å². The largest absolute Gasteiger partial charge is 0.468 e. The van der Waals surface area contributed by atoms with E-state index in [-0.39, 0.29) is 11.4 Å². The molecule has 0 amide bonds. The van der Waals surface area contributed by atoms with E-state index < -0.39 is 10.0 Å². The van der Waals surface area contributed by atoms with Crippen molar-refractivity contribution in [2.45, 2.75) is 24.8 Å². The lowest BCUT2D eigenvalue weighted by Gasteiger charge is -2.12. The van der Waals surface area contributed by atoms with E-state index in [1.807, 2.05) is 13.0 Å². The van der Waals surface area contributed by atoms with Gasteiger partial charge in [-0.15, -0.1) is 0 Å². The van der Waals surface area contributed by atoms with E-state index in [9.17, 15) is 8.42 Å². The smallest absolute Gasteiger partial charge is 0.243 e. The fourth-order valence-corrected chi connectivity index (χ4v) is 2.94. The fourth-order valence-electron chi connectivity index (χ4n) is 1.76. The summed E-state index contributed by atoms with van der Waals surface area (Å²) in [5.74, 6) is 0.576. The Hall–Kier alpha value is -1.79. The first-order valence-electron chi connectivity index (χ1n) is 6.48. The second-order valence-electron chi connectivity index (χ2n) is 4.33. The summed E-state index contributed by atoms with van der Waals surface area (Å²) >= 11 is 0. The lowest BCUT2D eigenvalue weighted by Crippen LogP contribution is -2.24. The molecule has 1 heterocycles. The highest BCUT2D eigenvalue weighted by atomic mass is 32.2. The standard InChI is InChI=1S/C14H18N2O3S/c1-2-9-15-13-7-3-4-8-14(13)20(17,18)16-11-12-6-5-10-19-12/h3-8,10,15-16H,2,9,11H2,1H3. The van der Waals surface area contributed by atoms with Crippen molar-refractivity contribution in [3.8, 4) is 0 Å². The van der Waals surface area contributed by atoms with Gasteiger partial charge in [-0.2, -0.15) is 0 Å². The molecule has 0 spiro atoms. The van der Waals surface area contributed by atoms with Crippen LogP contribution in [-0.2, 0) is 16.6 Å². The van der Waals surface area contributed by atoms with Crippen molar-refractivity contribution in [1.29, 1.82) is 0 Å². The van der Waals surface area contributed by atoms with Gasteiger partial charge in [0.1, 0.15) is 10.7 Å². The molecule has 0 aliphatic heterocycles. The van der Waals surface area contributed by atoms with Gasteiger partial charge in [0.15, 0.2) is 0 Å². The number of benzene rings is 1. The Morgan fingerprint density at radius 2 is 1.95 bits per heavy atom. The van der Waals surface area contributed by atoms with Crippen molar-refractivity contribution >= 4 is 15.7 Å². The molecule has 0 saturated heterocycles. The van der Waals surface area contributed by atoms with Crippen molar-refractivity contribution in [3.05, 3.63) is 48.4 Å². The summed E-state index contributed by atoms with van der Waals surface area (Å²) in [6.07, 6.45) is 2.44. The van der Waals surface area contributed by atoms with Crippen molar-refractivity contribution in [2.24, 2.45) is 0 Å². The van der Waals surface area contributed by atoms with Crippen molar-refractivity contribution in [2.75, 3.05) is 11.9 Å². The van der Waals surface area contributed by atoms with Gasteiger partial charge in [0.2, 0.25) is 10.0 Å². The van der Waals surface area contributed by atoms with Crippen LogP contribution in [0.4, 0.5) is 5.69 Å². The third-order valence-electron chi connectivity index (χ3n) is 2.76. The molecule has 0 unspecified atom stereocenters. The van der Waals surface area contributed by atoms with E-state index in [2.05, 4.69) is 10.0 Å². The zero-order valence-electron chi connectivity index (χ0n) is 11.3. The Kier molecular flexibility index (Phi) is 4.81. The Balaban J connectivity index is 2.16.